The Morgan fingerprint density at radius 3 is 2.68 bits per heavy atom. The first-order chi connectivity index (χ1) is 9.20. The van der Waals surface area contributed by atoms with E-state index in [0.29, 0.717) is 18.3 Å². The Balaban J connectivity index is 2.09. The molecule has 0 saturated carbocycles. The van der Waals surface area contributed by atoms with Gasteiger partial charge in [0.1, 0.15) is 18.2 Å². The van der Waals surface area contributed by atoms with Crippen molar-refractivity contribution in [1.29, 1.82) is 0 Å². The van der Waals surface area contributed by atoms with Gasteiger partial charge in [0.2, 0.25) is 0 Å². The van der Waals surface area contributed by atoms with Crippen molar-refractivity contribution >= 4 is 5.82 Å². The number of benzene rings is 1. The first-order valence-electron chi connectivity index (χ1n) is 6.48. The van der Waals surface area contributed by atoms with Crippen molar-refractivity contribution in [3.63, 3.8) is 0 Å². The first kappa shape index (κ1) is 13.3. The van der Waals surface area contributed by atoms with E-state index in [9.17, 15) is 0 Å². The summed E-state index contributed by atoms with van der Waals surface area (Å²) in [6, 6.07) is 8.12. The van der Waals surface area contributed by atoms with Gasteiger partial charge in [-0.1, -0.05) is 32.0 Å². The summed E-state index contributed by atoms with van der Waals surface area (Å²) >= 11 is 0. The minimum Gasteiger partial charge on any atom is -0.487 e. The molecule has 0 aliphatic rings. The van der Waals surface area contributed by atoms with Crippen molar-refractivity contribution in [2.45, 2.75) is 32.8 Å². The van der Waals surface area contributed by atoms with Gasteiger partial charge in [-0.2, -0.15) is 0 Å². The molecule has 1 aromatic heterocycles. The van der Waals surface area contributed by atoms with Crippen LogP contribution in [0.25, 0.3) is 0 Å². The standard InChI is InChI=1S/C15H19N3O/c1-3-11(2)13-6-4-5-7-14(13)19-10-12-8-18-15(16)9-17-12/h4-9,11H,3,10H2,1-2H3,(H2,16,18). The van der Waals surface area contributed by atoms with Crippen molar-refractivity contribution in [1.82, 2.24) is 9.97 Å². The van der Waals surface area contributed by atoms with Gasteiger partial charge in [0.25, 0.3) is 0 Å². The molecule has 1 heterocycles. The van der Waals surface area contributed by atoms with Gasteiger partial charge >= 0.3 is 0 Å². The van der Waals surface area contributed by atoms with Crippen molar-refractivity contribution in [3.05, 3.63) is 47.9 Å². The molecular weight excluding hydrogens is 238 g/mol. The van der Waals surface area contributed by atoms with E-state index in [1.54, 1.807) is 12.4 Å². The van der Waals surface area contributed by atoms with Crippen LogP contribution < -0.4 is 10.5 Å². The van der Waals surface area contributed by atoms with Crippen molar-refractivity contribution in [3.8, 4) is 5.75 Å². The van der Waals surface area contributed by atoms with Crippen LogP contribution in [-0.4, -0.2) is 9.97 Å². The summed E-state index contributed by atoms with van der Waals surface area (Å²) in [5.41, 5.74) is 7.50. The van der Waals surface area contributed by atoms with E-state index in [2.05, 4.69) is 29.9 Å². The first-order valence-corrected chi connectivity index (χ1v) is 6.48. The van der Waals surface area contributed by atoms with E-state index >= 15 is 0 Å². The summed E-state index contributed by atoms with van der Waals surface area (Å²) in [6.07, 6.45) is 4.27. The molecule has 0 aliphatic carbocycles. The lowest BCUT2D eigenvalue weighted by molar-refractivity contribution is 0.296. The molecule has 2 N–H and O–H groups in total. The average molecular weight is 257 g/mol. The normalized spacial score (nSPS) is 12.1. The van der Waals surface area contributed by atoms with Crippen LogP contribution in [0.1, 0.15) is 37.4 Å². The fourth-order valence-corrected chi connectivity index (χ4v) is 1.83. The molecule has 0 amide bonds. The monoisotopic (exact) mass is 257 g/mol. The lowest BCUT2D eigenvalue weighted by Gasteiger charge is -2.15. The molecule has 0 bridgehead atoms. The lowest BCUT2D eigenvalue weighted by Crippen LogP contribution is -2.03. The third-order valence-electron chi connectivity index (χ3n) is 3.16. The van der Waals surface area contributed by atoms with Crippen molar-refractivity contribution < 1.29 is 4.74 Å². The van der Waals surface area contributed by atoms with E-state index in [4.69, 9.17) is 10.5 Å². The summed E-state index contributed by atoms with van der Waals surface area (Å²) in [5.74, 6) is 1.81. The van der Waals surface area contributed by atoms with Gasteiger partial charge in [0.15, 0.2) is 0 Å². The van der Waals surface area contributed by atoms with E-state index in [1.807, 2.05) is 18.2 Å². The fourth-order valence-electron chi connectivity index (χ4n) is 1.83. The Hall–Kier alpha value is -2.10. The Labute approximate surface area is 113 Å². The van der Waals surface area contributed by atoms with Crippen LogP contribution in [0.15, 0.2) is 36.7 Å². The minimum absolute atomic E-state index is 0.403. The molecule has 100 valence electrons. The zero-order valence-corrected chi connectivity index (χ0v) is 11.3. The van der Waals surface area contributed by atoms with E-state index < -0.39 is 0 Å². The molecule has 4 heteroatoms. The largest absolute Gasteiger partial charge is 0.487 e. The summed E-state index contributed by atoms with van der Waals surface area (Å²) < 4.78 is 5.84. The van der Waals surface area contributed by atoms with Gasteiger partial charge in [-0.25, -0.2) is 4.98 Å². The van der Waals surface area contributed by atoms with Gasteiger partial charge < -0.3 is 10.5 Å². The van der Waals surface area contributed by atoms with Gasteiger partial charge in [0.05, 0.1) is 18.1 Å². The van der Waals surface area contributed by atoms with Crippen LogP contribution in [0.3, 0.4) is 0 Å². The maximum Gasteiger partial charge on any atom is 0.141 e. The topological polar surface area (TPSA) is 61.0 Å². The fraction of sp³-hybridized carbons (Fsp3) is 0.333. The molecule has 2 aromatic rings. The number of ether oxygens (including phenoxy) is 1. The molecular formula is C15H19N3O. The summed E-state index contributed by atoms with van der Waals surface area (Å²) in [4.78, 5) is 8.18. The minimum atomic E-state index is 0.403. The Morgan fingerprint density at radius 1 is 1.21 bits per heavy atom. The van der Waals surface area contributed by atoms with Gasteiger partial charge in [-0.15, -0.1) is 0 Å². The molecule has 0 saturated heterocycles. The Morgan fingerprint density at radius 2 is 2.00 bits per heavy atom. The predicted octanol–water partition coefficient (Wildman–Crippen LogP) is 3.15. The van der Waals surface area contributed by atoms with Crippen molar-refractivity contribution in [2.75, 3.05) is 5.73 Å². The quantitative estimate of drug-likeness (QED) is 0.893. The maximum atomic E-state index is 5.84. The number of nitrogens with zero attached hydrogens (tertiary/aromatic N) is 2. The highest BCUT2D eigenvalue weighted by Crippen LogP contribution is 2.28. The second-order valence-corrected chi connectivity index (χ2v) is 4.57. The number of para-hydroxylation sites is 1. The molecule has 1 unspecified atom stereocenters. The molecule has 2 rings (SSSR count). The van der Waals surface area contributed by atoms with Crippen LogP contribution in [0.4, 0.5) is 5.82 Å². The van der Waals surface area contributed by atoms with Crippen LogP contribution in [-0.2, 0) is 6.61 Å². The SMILES string of the molecule is CCC(C)c1ccccc1OCc1cnc(N)cn1. The van der Waals surface area contributed by atoms with Crippen LogP contribution in [0.5, 0.6) is 5.75 Å². The number of rotatable bonds is 5. The van der Waals surface area contributed by atoms with Gasteiger partial charge in [-0.05, 0) is 24.0 Å². The highest BCUT2D eigenvalue weighted by atomic mass is 16.5. The molecule has 0 spiro atoms. The second-order valence-electron chi connectivity index (χ2n) is 4.57. The average Bonchev–Trinajstić information content (AvgIpc) is 2.46. The molecule has 4 nitrogen and oxygen atoms in total. The van der Waals surface area contributed by atoms with E-state index in [-0.39, 0.29) is 0 Å². The third kappa shape index (κ3) is 3.44. The number of anilines is 1. The highest BCUT2D eigenvalue weighted by Gasteiger charge is 2.09. The smallest absolute Gasteiger partial charge is 0.141 e. The zero-order chi connectivity index (χ0) is 13.7. The number of nitrogen functional groups attached to an aromatic ring is 1. The van der Waals surface area contributed by atoms with Gasteiger partial charge in [0, 0.05) is 0 Å². The molecule has 0 aliphatic heterocycles. The van der Waals surface area contributed by atoms with Crippen LogP contribution in [0, 0.1) is 0 Å². The number of aromatic nitrogens is 2. The lowest BCUT2D eigenvalue weighted by atomic mass is 9.98. The molecule has 0 radical (unpaired) electrons. The Kier molecular flexibility index (Phi) is 4.34. The Bertz CT molecular complexity index is 525. The van der Waals surface area contributed by atoms with E-state index in [1.165, 1.54) is 5.56 Å². The number of nitrogens with two attached hydrogens (primary N) is 1. The number of hydrogen-bond acceptors (Lipinski definition) is 4. The number of hydrogen-bond donors (Lipinski definition) is 1. The second kappa shape index (κ2) is 6.18. The maximum absolute atomic E-state index is 5.84. The van der Waals surface area contributed by atoms with Crippen LogP contribution >= 0.6 is 0 Å². The highest BCUT2D eigenvalue weighted by molar-refractivity contribution is 5.36. The predicted molar refractivity (Wildman–Crippen MR) is 75.9 cm³/mol. The summed E-state index contributed by atoms with van der Waals surface area (Å²) in [7, 11) is 0. The summed E-state index contributed by atoms with van der Waals surface area (Å²) in [5, 5.41) is 0. The van der Waals surface area contributed by atoms with Crippen LogP contribution in [0.2, 0.25) is 0 Å². The molecule has 19 heavy (non-hydrogen) atoms. The summed E-state index contributed by atoms with van der Waals surface area (Å²) in [6.45, 7) is 4.78. The third-order valence-corrected chi connectivity index (χ3v) is 3.16. The van der Waals surface area contributed by atoms with Crippen molar-refractivity contribution in [2.24, 2.45) is 0 Å². The molecule has 0 fully saturated rings. The molecule has 1 aromatic carbocycles. The zero-order valence-electron chi connectivity index (χ0n) is 11.3. The molecule has 1 atom stereocenters. The van der Waals surface area contributed by atoms with E-state index in [0.717, 1.165) is 17.9 Å². The van der Waals surface area contributed by atoms with Gasteiger partial charge in [-0.3, -0.25) is 4.98 Å².